The Balaban J connectivity index is 2.33. The third-order valence-electron chi connectivity index (χ3n) is 2.85. The first-order chi connectivity index (χ1) is 10.1. The number of aromatic hydroxyl groups is 1. The molecule has 2 N–H and O–H groups in total. The van der Waals surface area contributed by atoms with E-state index in [1.54, 1.807) is 30.3 Å². The number of aromatic nitrogens is 1. The van der Waals surface area contributed by atoms with Crippen LogP contribution in [0, 0.1) is 0 Å². The number of carbonyl (C=O) groups is 2. The van der Waals surface area contributed by atoms with Crippen molar-refractivity contribution in [3.8, 4) is 5.75 Å². The first kappa shape index (κ1) is 14.5. The fourth-order valence-electron chi connectivity index (χ4n) is 1.85. The van der Waals surface area contributed by atoms with Gasteiger partial charge in [0.05, 0.1) is 6.42 Å². The maximum Gasteiger partial charge on any atom is 0.305 e. The lowest BCUT2D eigenvalue weighted by molar-refractivity contribution is -0.136. The molecule has 1 aromatic heterocycles. The number of nitrogens with zero attached hydrogens (tertiary/aromatic N) is 2. The molecule has 0 bridgehead atoms. The molecular weight excluding hydrogens is 272 g/mol. The lowest BCUT2D eigenvalue weighted by Crippen LogP contribution is -2.33. The third-order valence-corrected chi connectivity index (χ3v) is 2.85. The second kappa shape index (κ2) is 6.51. The molecule has 1 aromatic carbocycles. The van der Waals surface area contributed by atoms with Gasteiger partial charge >= 0.3 is 5.97 Å². The predicted octanol–water partition coefficient (Wildman–Crippen LogP) is 1.91. The van der Waals surface area contributed by atoms with Gasteiger partial charge in [-0.1, -0.05) is 18.2 Å². The summed E-state index contributed by atoms with van der Waals surface area (Å²) in [6.07, 6.45) is 1.20. The van der Waals surface area contributed by atoms with Crippen LogP contribution < -0.4 is 4.90 Å². The minimum Gasteiger partial charge on any atom is -0.505 e. The van der Waals surface area contributed by atoms with Crippen LogP contribution in [-0.2, 0) is 4.79 Å². The van der Waals surface area contributed by atoms with Gasteiger partial charge in [-0.05, 0) is 24.3 Å². The van der Waals surface area contributed by atoms with E-state index in [0.29, 0.717) is 5.69 Å². The highest BCUT2D eigenvalue weighted by atomic mass is 16.4. The van der Waals surface area contributed by atoms with Gasteiger partial charge in [0.1, 0.15) is 5.75 Å². The van der Waals surface area contributed by atoms with Gasteiger partial charge in [0, 0.05) is 18.4 Å². The summed E-state index contributed by atoms with van der Waals surface area (Å²) in [4.78, 5) is 28.4. The Labute approximate surface area is 121 Å². The van der Waals surface area contributed by atoms with E-state index >= 15 is 0 Å². The van der Waals surface area contributed by atoms with Gasteiger partial charge in [-0.2, -0.15) is 0 Å². The Bertz CT molecular complexity index is 643. The zero-order valence-corrected chi connectivity index (χ0v) is 11.1. The first-order valence-corrected chi connectivity index (χ1v) is 6.32. The van der Waals surface area contributed by atoms with E-state index in [4.69, 9.17) is 5.11 Å². The summed E-state index contributed by atoms with van der Waals surface area (Å²) in [6.45, 7) is -0.00576. The highest BCUT2D eigenvalue weighted by Gasteiger charge is 2.22. The van der Waals surface area contributed by atoms with Crippen molar-refractivity contribution in [1.29, 1.82) is 0 Å². The summed E-state index contributed by atoms with van der Waals surface area (Å²) in [5.74, 6) is -1.78. The topological polar surface area (TPSA) is 90.7 Å². The van der Waals surface area contributed by atoms with Crippen molar-refractivity contribution in [1.82, 2.24) is 4.98 Å². The van der Waals surface area contributed by atoms with Crippen LogP contribution in [0.15, 0.2) is 48.7 Å². The van der Waals surface area contributed by atoms with E-state index in [1.807, 2.05) is 0 Å². The van der Waals surface area contributed by atoms with Gasteiger partial charge in [-0.3, -0.25) is 9.59 Å². The van der Waals surface area contributed by atoms with E-state index < -0.39 is 11.9 Å². The van der Waals surface area contributed by atoms with Crippen molar-refractivity contribution in [2.75, 3.05) is 11.4 Å². The molecule has 0 spiro atoms. The van der Waals surface area contributed by atoms with Crippen molar-refractivity contribution in [3.63, 3.8) is 0 Å². The molecule has 108 valence electrons. The Morgan fingerprint density at radius 2 is 1.81 bits per heavy atom. The van der Waals surface area contributed by atoms with Gasteiger partial charge in [-0.25, -0.2) is 4.98 Å². The largest absolute Gasteiger partial charge is 0.505 e. The van der Waals surface area contributed by atoms with Crippen LogP contribution in [0.3, 0.4) is 0 Å². The van der Waals surface area contributed by atoms with Crippen molar-refractivity contribution >= 4 is 17.6 Å². The zero-order valence-electron chi connectivity index (χ0n) is 11.1. The molecule has 0 radical (unpaired) electrons. The number of carbonyl (C=O) groups excluding carboxylic acids is 1. The van der Waals surface area contributed by atoms with Crippen LogP contribution in [0.25, 0.3) is 0 Å². The number of pyridine rings is 1. The number of hydrogen-bond acceptors (Lipinski definition) is 4. The average molecular weight is 286 g/mol. The predicted molar refractivity (Wildman–Crippen MR) is 76.3 cm³/mol. The quantitative estimate of drug-likeness (QED) is 0.876. The smallest absolute Gasteiger partial charge is 0.305 e. The Hall–Kier alpha value is -2.89. The Morgan fingerprint density at radius 3 is 2.43 bits per heavy atom. The second-order valence-corrected chi connectivity index (χ2v) is 4.31. The van der Waals surface area contributed by atoms with Crippen molar-refractivity contribution in [2.24, 2.45) is 0 Å². The summed E-state index contributed by atoms with van der Waals surface area (Å²) in [5, 5.41) is 18.5. The maximum absolute atomic E-state index is 12.5. The highest BCUT2D eigenvalue weighted by molar-refractivity contribution is 6.06. The Morgan fingerprint density at radius 1 is 1.10 bits per heavy atom. The van der Waals surface area contributed by atoms with Crippen LogP contribution in [0.5, 0.6) is 5.75 Å². The van der Waals surface area contributed by atoms with Crippen molar-refractivity contribution in [3.05, 3.63) is 54.4 Å². The molecule has 0 aliphatic carbocycles. The summed E-state index contributed by atoms with van der Waals surface area (Å²) < 4.78 is 0. The molecule has 21 heavy (non-hydrogen) atoms. The minimum absolute atomic E-state index is 0.00576. The molecule has 1 amide bonds. The molecule has 0 saturated heterocycles. The lowest BCUT2D eigenvalue weighted by Gasteiger charge is -2.22. The molecule has 0 aliphatic heterocycles. The number of hydrogen-bond donors (Lipinski definition) is 2. The molecule has 0 saturated carbocycles. The van der Waals surface area contributed by atoms with Crippen LogP contribution in [0.2, 0.25) is 0 Å². The van der Waals surface area contributed by atoms with Gasteiger partial charge in [-0.15, -0.1) is 0 Å². The van der Waals surface area contributed by atoms with Crippen LogP contribution in [0.1, 0.15) is 16.9 Å². The number of carboxylic acids is 1. The van der Waals surface area contributed by atoms with Crippen molar-refractivity contribution < 1.29 is 19.8 Å². The van der Waals surface area contributed by atoms with Crippen LogP contribution >= 0.6 is 0 Å². The monoisotopic (exact) mass is 286 g/mol. The maximum atomic E-state index is 12.5. The number of anilines is 1. The molecule has 0 atom stereocenters. The molecule has 2 aromatic rings. The van der Waals surface area contributed by atoms with E-state index in [2.05, 4.69) is 4.98 Å². The van der Waals surface area contributed by atoms with E-state index in [9.17, 15) is 14.7 Å². The number of para-hydroxylation sites is 1. The van der Waals surface area contributed by atoms with Gasteiger partial charge in [0.25, 0.3) is 5.91 Å². The molecule has 0 aliphatic rings. The van der Waals surface area contributed by atoms with Gasteiger partial charge < -0.3 is 15.1 Å². The second-order valence-electron chi connectivity index (χ2n) is 4.31. The van der Waals surface area contributed by atoms with Crippen LogP contribution in [0.4, 0.5) is 5.69 Å². The van der Waals surface area contributed by atoms with Crippen molar-refractivity contribution in [2.45, 2.75) is 6.42 Å². The van der Waals surface area contributed by atoms with Gasteiger partial charge in [0.2, 0.25) is 0 Å². The number of carboxylic acid groups (broad SMARTS) is 1. The molecule has 0 fully saturated rings. The summed E-state index contributed by atoms with van der Waals surface area (Å²) in [7, 11) is 0. The average Bonchev–Trinajstić information content (AvgIpc) is 2.48. The van der Waals surface area contributed by atoms with E-state index in [0.717, 1.165) is 0 Å². The molecule has 6 nitrogen and oxygen atoms in total. The molecule has 6 heteroatoms. The van der Waals surface area contributed by atoms with E-state index in [-0.39, 0.29) is 24.4 Å². The zero-order chi connectivity index (χ0) is 15.2. The number of aliphatic carboxylic acids is 1. The minimum atomic E-state index is -1.01. The third kappa shape index (κ3) is 3.56. The SMILES string of the molecule is O=C(O)CCN(C(=O)c1ncccc1O)c1ccccc1. The highest BCUT2D eigenvalue weighted by Crippen LogP contribution is 2.20. The fraction of sp³-hybridized carbons (Fsp3) is 0.133. The van der Waals surface area contributed by atoms with Crippen LogP contribution in [-0.4, -0.2) is 33.6 Å². The molecular formula is C15H14N2O4. The summed E-state index contributed by atoms with van der Waals surface area (Å²) in [5.41, 5.74) is 0.445. The Kier molecular flexibility index (Phi) is 4.50. The standard InChI is InChI=1S/C15H14N2O4/c18-12-7-4-9-16-14(12)15(21)17(10-8-13(19)20)11-5-2-1-3-6-11/h1-7,9,18H,8,10H2,(H,19,20). The fourth-order valence-corrected chi connectivity index (χ4v) is 1.85. The molecule has 0 unspecified atom stereocenters. The van der Waals surface area contributed by atoms with Gasteiger partial charge in [0.15, 0.2) is 5.69 Å². The first-order valence-electron chi connectivity index (χ1n) is 6.32. The number of benzene rings is 1. The molecule has 2 rings (SSSR count). The number of rotatable bonds is 5. The normalized spacial score (nSPS) is 10.1. The summed E-state index contributed by atoms with van der Waals surface area (Å²) >= 11 is 0. The van der Waals surface area contributed by atoms with E-state index in [1.165, 1.54) is 23.2 Å². The summed E-state index contributed by atoms with van der Waals surface area (Å²) in [6, 6.07) is 11.5. The number of amides is 1. The lowest BCUT2D eigenvalue weighted by atomic mass is 10.2. The molecule has 1 heterocycles.